The molecule has 0 spiro atoms. The van der Waals surface area contributed by atoms with Crippen LogP contribution in [0.5, 0.6) is 5.88 Å². The van der Waals surface area contributed by atoms with Crippen molar-refractivity contribution in [3.8, 4) is 5.88 Å². The number of hydrogen-bond donors (Lipinski definition) is 1. The minimum atomic E-state index is -0.293. The van der Waals surface area contributed by atoms with Gasteiger partial charge in [-0.3, -0.25) is 9.59 Å². The van der Waals surface area contributed by atoms with Crippen LogP contribution in [0.4, 0.5) is 5.95 Å². The minimum Gasteiger partial charge on any atom is -0.471 e. The van der Waals surface area contributed by atoms with Crippen molar-refractivity contribution in [2.24, 2.45) is 28.6 Å². The molecule has 4 aliphatic rings. The second kappa shape index (κ2) is 10.2. The van der Waals surface area contributed by atoms with Gasteiger partial charge in [0.15, 0.2) is 16.9 Å². The highest BCUT2D eigenvalue weighted by Gasteiger charge is 2.60. The van der Waals surface area contributed by atoms with Gasteiger partial charge in [-0.15, -0.1) is 0 Å². The first-order chi connectivity index (χ1) is 20.2. The van der Waals surface area contributed by atoms with E-state index < -0.39 is 0 Å². The summed E-state index contributed by atoms with van der Waals surface area (Å²) in [4.78, 5) is 38.5. The number of rotatable bonds is 6. The average Bonchev–Trinajstić information content (AvgIpc) is 3.53. The van der Waals surface area contributed by atoms with Crippen LogP contribution in [0.15, 0.2) is 48.3 Å². The Morgan fingerprint density at radius 3 is 2.71 bits per heavy atom. The average molecular weight is 570 g/mol. The zero-order valence-electron chi connectivity index (χ0n) is 24.4. The van der Waals surface area contributed by atoms with E-state index in [2.05, 4.69) is 28.8 Å². The number of nitrogens with zero attached hydrogens (tertiary/aromatic N) is 4. The van der Waals surface area contributed by atoms with Gasteiger partial charge < -0.3 is 19.8 Å². The Labute approximate surface area is 245 Å². The Morgan fingerprint density at radius 1 is 1.05 bits per heavy atom. The number of nitrogen functional groups attached to an aromatic ring is 1. The fourth-order valence-corrected chi connectivity index (χ4v) is 8.92. The third-order valence-electron chi connectivity index (χ3n) is 11.1. The Kier molecular flexibility index (Phi) is 6.59. The monoisotopic (exact) mass is 569 g/mol. The summed E-state index contributed by atoms with van der Waals surface area (Å²) < 4.78 is 13.8. The van der Waals surface area contributed by atoms with E-state index in [1.165, 1.54) is 5.57 Å². The molecule has 0 unspecified atom stereocenters. The van der Waals surface area contributed by atoms with Crippen molar-refractivity contribution in [3.05, 3.63) is 53.9 Å². The molecule has 2 N–H and O–H groups in total. The first-order valence-corrected chi connectivity index (χ1v) is 15.3. The molecule has 3 saturated carbocycles. The zero-order valence-corrected chi connectivity index (χ0v) is 24.4. The Bertz CT molecular complexity index is 1570. The summed E-state index contributed by atoms with van der Waals surface area (Å²) in [5.74, 6) is 2.12. The molecule has 0 aliphatic heterocycles. The lowest BCUT2D eigenvalue weighted by Gasteiger charge is -2.57. The van der Waals surface area contributed by atoms with Gasteiger partial charge in [0, 0.05) is 11.8 Å². The SMILES string of the molecule is C[C@]12CC[C@H]3[C@@H](CCC4=CC(=O)CC[C@@]43C)[C@@H]1CC[C@@H]2OC(=O)Cn1cnc2c(OCc3ccccc3)nc(N)nc21. The van der Waals surface area contributed by atoms with Crippen molar-refractivity contribution in [1.29, 1.82) is 0 Å². The number of hydrogen-bond acceptors (Lipinski definition) is 8. The van der Waals surface area contributed by atoms with Crippen LogP contribution in [-0.2, 0) is 27.5 Å². The highest BCUT2D eigenvalue weighted by atomic mass is 16.5. The number of fused-ring (bicyclic) bond motifs is 6. The van der Waals surface area contributed by atoms with Gasteiger partial charge in [-0.2, -0.15) is 9.97 Å². The molecule has 0 radical (unpaired) electrons. The van der Waals surface area contributed by atoms with E-state index in [1.807, 2.05) is 36.4 Å². The molecule has 2 aromatic heterocycles. The summed E-state index contributed by atoms with van der Waals surface area (Å²) in [6, 6.07) is 9.79. The topological polar surface area (TPSA) is 122 Å². The molecule has 0 saturated heterocycles. The van der Waals surface area contributed by atoms with E-state index in [4.69, 9.17) is 15.2 Å². The van der Waals surface area contributed by atoms with Crippen molar-refractivity contribution in [1.82, 2.24) is 19.5 Å². The summed E-state index contributed by atoms with van der Waals surface area (Å²) in [7, 11) is 0. The molecule has 6 atom stereocenters. The summed E-state index contributed by atoms with van der Waals surface area (Å²) in [5.41, 5.74) is 9.41. The lowest BCUT2D eigenvalue weighted by molar-refractivity contribution is -0.160. The lowest BCUT2D eigenvalue weighted by atomic mass is 9.47. The Hall–Kier alpha value is -3.75. The maximum Gasteiger partial charge on any atom is 0.326 e. The Morgan fingerprint density at radius 2 is 1.88 bits per heavy atom. The zero-order chi connectivity index (χ0) is 29.1. The molecule has 42 heavy (non-hydrogen) atoms. The fraction of sp³-hybridized carbons (Fsp3) is 0.545. The van der Waals surface area contributed by atoms with Gasteiger partial charge in [-0.05, 0) is 79.8 Å². The van der Waals surface area contributed by atoms with E-state index in [0.29, 0.717) is 47.7 Å². The summed E-state index contributed by atoms with van der Waals surface area (Å²) in [6.45, 7) is 5.06. The quantitative estimate of drug-likeness (QED) is 0.390. The first kappa shape index (κ1) is 27.1. The van der Waals surface area contributed by atoms with Gasteiger partial charge >= 0.3 is 5.97 Å². The predicted octanol–water partition coefficient (Wildman–Crippen LogP) is 5.43. The molecule has 9 heteroatoms. The van der Waals surface area contributed by atoms with Crippen LogP contribution in [0.25, 0.3) is 11.2 Å². The van der Waals surface area contributed by atoms with Gasteiger partial charge in [0.05, 0.1) is 6.33 Å². The van der Waals surface area contributed by atoms with Crippen LogP contribution < -0.4 is 10.5 Å². The van der Waals surface area contributed by atoms with E-state index in [-0.39, 0.29) is 41.3 Å². The van der Waals surface area contributed by atoms with Crippen LogP contribution in [0.1, 0.15) is 70.8 Å². The normalized spacial score (nSPS) is 32.0. The number of imidazole rings is 1. The number of allylic oxidation sites excluding steroid dienone is 1. The maximum atomic E-state index is 13.3. The lowest BCUT2D eigenvalue weighted by Crippen LogP contribution is -2.51. The van der Waals surface area contributed by atoms with E-state index in [0.717, 1.165) is 50.5 Å². The Balaban J connectivity index is 1.04. The number of aromatic nitrogens is 4. The number of esters is 1. The van der Waals surface area contributed by atoms with Crippen molar-refractivity contribution in [2.75, 3.05) is 5.73 Å². The molecule has 4 aliphatic carbocycles. The largest absolute Gasteiger partial charge is 0.471 e. The van der Waals surface area contributed by atoms with E-state index in [1.54, 1.807) is 10.9 Å². The minimum absolute atomic E-state index is 0.00532. The molecule has 1 aromatic carbocycles. The van der Waals surface area contributed by atoms with Crippen LogP contribution in [0, 0.1) is 28.6 Å². The smallest absolute Gasteiger partial charge is 0.326 e. The molecule has 220 valence electrons. The summed E-state index contributed by atoms with van der Waals surface area (Å²) in [5, 5.41) is 0. The number of carbonyl (C=O) groups excluding carboxylic acids is 2. The fourth-order valence-electron chi connectivity index (χ4n) is 8.92. The van der Waals surface area contributed by atoms with Crippen LogP contribution in [0.2, 0.25) is 0 Å². The van der Waals surface area contributed by atoms with Crippen LogP contribution in [0.3, 0.4) is 0 Å². The third-order valence-corrected chi connectivity index (χ3v) is 11.1. The van der Waals surface area contributed by atoms with Crippen molar-refractivity contribution in [2.45, 2.75) is 84.5 Å². The molecular formula is C33H39N5O4. The molecule has 3 fully saturated rings. The van der Waals surface area contributed by atoms with Crippen molar-refractivity contribution in [3.63, 3.8) is 0 Å². The van der Waals surface area contributed by atoms with Gasteiger partial charge in [-0.25, -0.2) is 4.98 Å². The van der Waals surface area contributed by atoms with E-state index in [9.17, 15) is 9.59 Å². The maximum absolute atomic E-state index is 13.3. The first-order valence-electron chi connectivity index (χ1n) is 15.3. The highest BCUT2D eigenvalue weighted by molar-refractivity contribution is 5.91. The van der Waals surface area contributed by atoms with Crippen molar-refractivity contribution < 1.29 is 19.1 Å². The van der Waals surface area contributed by atoms with Gasteiger partial charge in [0.1, 0.15) is 19.3 Å². The number of carbonyl (C=O) groups is 2. The third kappa shape index (κ3) is 4.48. The van der Waals surface area contributed by atoms with Crippen molar-refractivity contribution >= 4 is 28.9 Å². The highest BCUT2D eigenvalue weighted by Crippen LogP contribution is 2.65. The summed E-state index contributed by atoms with van der Waals surface area (Å²) >= 11 is 0. The van der Waals surface area contributed by atoms with Gasteiger partial charge in [-0.1, -0.05) is 49.8 Å². The number of nitrogens with two attached hydrogens (primary N) is 1. The second-order valence-corrected chi connectivity index (χ2v) is 13.3. The standard InChI is InChI=1S/C33H39N5O4/c1-32-14-12-22(39)16-21(32)8-9-23-24-10-11-26(33(24,2)15-13-25(23)32)42-27(40)17-38-19-35-28-29(38)36-31(34)37-30(28)41-18-20-6-4-3-5-7-20/h3-7,16,19,23-26H,8-15,17-18H2,1-2H3,(H2,34,36,37)/t23-,24-,25-,26-,32-,33-/m0/s1. The molecule has 9 nitrogen and oxygen atoms in total. The molecule has 2 heterocycles. The number of anilines is 1. The van der Waals surface area contributed by atoms with Crippen LogP contribution in [-0.4, -0.2) is 37.4 Å². The van der Waals surface area contributed by atoms with Crippen LogP contribution >= 0.6 is 0 Å². The molecular weight excluding hydrogens is 530 g/mol. The molecule has 3 aromatic rings. The summed E-state index contributed by atoms with van der Waals surface area (Å²) in [6.07, 6.45) is 11.4. The number of benzene rings is 1. The predicted molar refractivity (Wildman–Crippen MR) is 157 cm³/mol. The number of ketones is 1. The van der Waals surface area contributed by atoms with Gasteiger partial charge in [0.25, 0.3) is 0 Å². The second-order valence-electron chi connectivity index (χ2n) is 13.3. The molecule has 0 amide bonds. The van der Waals surface area contributed by atoms with Gasteiger partial charge in [0.2, 0.25) is 11.8 Å². The molecule has 7 rings (SSSR count). The van der Waals surface area contributed by atoms with E-state index >= 15 is 0 Å². The number of ether oxygens (including phenoxy) is 2. The molecule has 0 bridgehead atoms.